The van der Waals surface area contributed by atoms with E-state index in [0.717, 1.165) is 27.9 Å². The smallest absolute Gasteiger partial charge is 0.121 e. The highest BCUT2D eigenvalue weighted by atomic mass is 16.5. The summed E-state index contributed by atoms with van der Waals surface area (Å²) in [7, 11) is 1.66. The summed E-state index contributed by atoms with van der Waals surface area (Å²) in [5.74, 6) is 0.820. The predicted molar refractivity (Wildman–Crippen MR) is 81.5 cm³/mol. The van der Waals surface area contributed by atoms with Crippen LogP contribution in [0.1, 0.15) is 11.3 Å². The van der Waals surface area contributed by atoms with Gasteiger partial charge in [-0.2, -0.15) is 0 Å². The molecule has 0 bridgehead atoms. The molecule has 0 amide bonds. The van der Waals surface area contributed by atoms with Gasteiger partial charge in [0.25, 0.3) is 0 Å². The molecule has 98 valence electrons. The van der Waals surface area contributed by atoms with Gasteiger partial charge in [0, 0.05) is 23.8 Å². The quantitative estimate of drug-likeness (QED) is 0.720. The Labute approximate surface area is 117 Å². The second-order valence-corrected chi connectivity index (χ2v) is 4.41. The zero-order valence-corrected chi connectivity index (χ0v) is 11.2. The Balaban J connectivity index is 1.94. The number of ether oxygens (including phenoxy) is 1. The van der Waals surface area contributed by atoms with Crippen LogP contribution >= 0.6 is 0 Å². The Morgan fingerprint density at radius 3 is 2.55 bits per heavy atom. The first kappa shape index (κ1) is 12.4. The predicted octanol–water partition coefficient (Wildman–Crippen LogP) is 3.81. The van der Waals surface area contributed by atoms with E-state index in [0.29, 0.717) is 0 Å². The van der Waals surface area contributed by atoms with Gasteiger partial charge in [-0.3, -0.25) is 4.98 Å². The van der Waals surface area contributed by atoms with Crippen molar-refractivity contribution in [1.29, 1.82) is 0 Å². The number of rotatable bonds is 3. The maximum absolute atomic E-state index is 5.23. The van der Waals surface area contributed by atoms with Crippen LogP contribution in [0.4, 0.5) is 0 Å². The van der Waals surface area contributed by atoms with Crippen molar-refractivity contribution in [1.82, 2.24) is 9.97 Å². The van der Waals surface area contributed by atoms with E-state index in [2.05, 4.69) is 16.0 Å². The first-order valence-electron chi connectivity index (χ1n) is 6.38. The van der Waals surface area contributed by atoms with E-state index >= 15 is 0 Å². The summed E-state index contributed by atoms with van der Waals surface area (Å²) in [4.78, 5) is 8.61. The Morgan fingerprint density at radius 2 is 1.75 bits per heavy atom. The van der Waals surface area contributed by atoms with Gasteiger partial charge in [-0.05, 0) is 42.0 Å². The van der Waals surface area contributed by atoms with E-state index in [-0.39, 0.29) is 0 Å². The second-order valence-electron chi connectivity index (χ2n) is 4.41. The maximum Gasteiger partial charge on any atom is 0.121 e. The lowest BCUT2D eigenvalue weighted by Crippen LogP contribution is -1.86. The highest BCUT2D eigenvalue weighted by Gasteiger charge is 1.98. The molecule has 2 heterocycles. The molecule has 0 fully saturated rings. The molecule has 2 aromatic heterocycles. The van der Waals surface area contributed by atoms with Gasteiger partial charge >= 0.3 is 0 Å². The average Bonchev–Trinajstić information content (AvgIpc) is 2.53. The lowest BCUT2D eigenvalue weighted by molar-refractivity contribution is 0.415. The molecule has 0 unspecified atom stereocenters. The molecule has 0 aliphatic rings. The lowest BCUT2D eigenvalue weighted by Gasteiger charge is -2.02. The van der Waals surface area contributed by atoms with Gasteiger partial charge in [-0.25, -0.2) is 4.98 Å². The number of aromatic nitrogens is 2. The largest absolute Gasteiger partial charge is 0.497 e. The summed E-state index contributed by atoms with van der Waals surface area (Å²) in [5.41, 5.74) is 2.95. The molecule has 0 saturated carbocycles. The van der Waals surface area contributed by atoms with E-state index in [9.17, 15) is 0 Å². The van der Waals surface area contributed by atoms with Crippen LogP contribution in [0, 0.1) is 0 Å². The Morgan fingerprint density at radius 1 is 0.950 bits per heavy atom. The molecule has 3 rings (SSSR count). The zero-order chi connectivity index (χ0) is 13.8. The topological polar surface area (TPSA) is 35.0 Å². The molecule has 0 N–H and O–H groups in total. The van der Waals surface area contributed by atoms with Crippen LogP contribution in [-0.4, -0.2) is 17.1 Å². The molecule has 3 heteroatoms. The summed E-state index contributed by atoms with van der Waals surface area (Å²) >= 11 is 0. The van der Waals surface area contributed by atoms with Gasteiger partial charge < -0.3 is 4.74 Å². The van der Waals surface area contributed by atoms with Gasteiger partial charge in [-0.1, -0.05) is 12.1 Å². The molecule has 0 atom stereocenters. The first-order valence-corrected chi connectivity index (χ1v) is 6.38. The van der Waals surface area contributed by atoms with Crippen molar-refractivity contribution in [3.05, 3.63) is 66.1 Å². The van der Waals surface area contributed by atoms with Gasteiger partial charge in [0.05, 0.1) is 18.3 Å². The summed E-state index contributed by atoms with van der Waals surface area (Å²) in [6.07, 6.45) is 7.57. The highest BCUT2D eigenvalue weighted by Crippen LogP contribution is 2.20. The van der Waals surface area contributed by atoms with Gasteiger partial charge in [-0.15, -0.1) is 0 Å². The maximum atomic E-state index is 5.23. The van der Waals surface area contributed by atoms with E-state index in [1.807, 2.05) is 48.6 Å². The van der Waals surface area contributed by atoms with Crippen molar-refractivity contribution >= 4 is 23.1 Å². The fraction of sp³-hybridized carbons (Fsp3) is 0.0588. The van der Waals surface area contributed by atoms with Crippen LogP contribution in [0.5, 0.6) is 5.75 Å². The molecular formula is C17H14N2O. The Bertz CT molecular complexity index is 751. The van der Waals surface area contributed by atoms with Crippen LogP contribution < -0.4 is 4.74 Å². The molecular weight excluding hydrogens is 248 g/mol. The molecule has 0 spiro atoms. The average molecular weight is 262 g/mol. The van der Waals surface area contributed by atoms with Crippen LogP contribution in [0.15, 0.2) is 54.9 Å². The van der Waals surface area contributed by atoms with Gasteiger partial charge in [0.2, 0.25) is 0 Å². The third-order valence-corrected chi connectivity index (χ3v) is 3.07. The number of hydrogen-bond acceptors (Lipinski definition) is 3. The molecule has 0 aliphatic carbocycles. The van der Waals surface area contributed by atoms with Crippen molar-refractivity contribution < 1.29 is 4.74 Å². The van der Waals surface area contributed by atoms with Gasteiger partial charge in [0.15, 0.2) is 0 Å². The van der Waals surface area contributed by atoms with Crippen molar-refractivity contribution in [2.24, 2.45) is 0 Å². The summed E-state index contributed by atoms with van der Waals surface area (Å²) in [5, 5.41) is 1.10. The standard InChI is InChI=1S/C17H14N2O/c1-20-16-7-4-14-3-6-15(19-17(14)12-16)5-2-13-8-10-18-11-9-13/h2-12H,1H3/b5-2+. The summed E-state index contributed by atoms with van der Waals surface area (Å²) < 4.78 is 5.23. The zero-order valence-electron chi connectivity index (χ0n) is 11.2. The number of fused-ring (bicyclic) bond motifs is 1. The Hall–Kier alpha value is -2.68. The van der Waals surface area contributed by atoms with Crippen LogP contribution in [0.3, 0.4) is 0 Å². The lowest BCUT2D eigenvalue weighted by atomic mass is 10.1. The number of methoxy groups -OCH3 is 1. The van der Waals surface area contributed by atoms with Crippen molar-refractivity contribution in [3.63, 3.8) is 0 Å². The Kier molecular flexibility index (Phi) is 3.42. The molecule has 0 radical (unpaired) electrons. The fourth-order valence-corrected chi connectivity index (χ4v) is 1.99. The van der Waals surface area contributed by atoms with E-state index in [1.54, 1.807) is 19.5 Å². The molecule has 3 nitrogen and oxygen atoms in total. The van der Waals surface area contributed by atoms with Crippen LogP contribution in [-0.2, 0) is 0 Å². The van der Waals surface area contributed by atoms with Crippen molar-refractivity contribution in [2.45, 2.75) is 0 Å². The fourth-order valence-electron chi connectivity index (χ4n) is 1.99. The molecule has 3 aromatic rings. The van der Waals surface area contributed by atoms with E-state index < -0.39 is 0 Å². The van der Waals surface area contributed by atoms with Crippen molar-refractivity contribution in [2.75, 3.05) is 7.11 Å². The first-order chi connectivity index (χ1) is 9.85. The highest BCUT2D eigenvalue weighted by molar-refractivity contribution is 5.82. The summed E-state index contributed by atoms with van der Waals surface area (Å²) in [6.45, 7) is 0. The second kappa shape index (κ2) is 5.53. The van der Waals surface area contributed by atoms with Gasteiger partial charge in [0.1, 0.15) is 5.75 Å². The van der Waals surface area contributed by atoms with Crippen LogP contribution in [0.25, 0.3) is 23.1 Å². The minimum absolute atomic E-state index is 0.820. The number of pyridine rings is 2. The summed E-state index contributed by atoms with van der Waals surface area (Å²) in [6, 6.07) is 13.9. The molecule has 0 aliphatic heterocycles. The minimum Gasteiger partial charge on any atom is -0.497 e. The van der Waals surface area contributed by atoms with Crippen LogP contribution in [0.2, 0.25) is 0 Å². The third-order valence-electron chi connectivity index (χ3n) is 3.07. The molecule has 1 aromatic carbocycles. The van der Waals surface area contributed by atoms with E-state index in [4.69, 9.17) is 4.74 Å². The van der Waals surface area contributed by atoms with E-state index in [1.165, 1.54) is 0 Å². The molecule has 0 saturated heterocycles. The molecule has 20 heavy (non-hydrogen) atoms. The number of hydrogen-bond donors (Lipinski definition) is 0. The monoisotopic (exact) mass is 262 g/mol. The SMILES string of the molecule is COc1ccc2ccc(/C=C/c3ccncc3)nc2c1. The normalized spacial score (nSPS) is 11.1. The minimum atomic E-state index is 0.820. The van der Waals surface area contributed by atoms with Crippen molar-refractivity contribution in [3.8, 4) is 5.75 Å². The third kappa shape index (κ3) is 2.67. The number of nitrogens with zero attached hydrogens (tertiary/aromatic N) is 2. The number of benzene rings is 1.